The van der Waals surface area contributed by atoms with Crippen molar-refractivity contribution in [2.45, 2.75) is 51.0 Å². The van der Waals surface area contributed by atoms with Crippen molar-refractivity contribution in [1.29, 1.82) is 0 Å². The molecule has 1 atom stereocenters. The van der Waals surface area contributed by atoms with Crippen molar-refractivity contribution in [3.8, 4) is 0 Å². The topological polar surface area (TPSA) is 63.1 Å². The zero-order valence-electron chi connectivity index (χ0n) is 12.8. The van der Waals surface area contributed by atoms with Crippen molar-refractivity contribution in [1.82, 2.24) is 25.0 Å². The number of aromatic nitrogens is 3. The number of fused-ring (bicyclic) bond motifs is 1. The first-order chi connectivity index (χ1) is 10.3. The lowest BCUT2D eigenvalue weighted by atomic mass is 9.97. The highest BCUT2D eigenvalue weighted by molar-refractivity contribution is 5.77. The van der Waals surface area contributed by atoms with E-state index in [1.807, 2.05) is 0 Å². The van der Waals surface area contributed by atoms with E-state index in [2.05, 4.69) is 25.0 Å². The molecule has 1 aromatic heterocycles. The molecule has 1 amide bonds. The van der Waals surface area contributed by atoms with Crippen LogP contribution in [0.4, 0.5) is 0 Å². The number of likely N-dealkylation sites (N-methyl/N-ethyl adjacent to an activating group) is 1. The summed E-state index contributed by atoms with van der Waals surface area (Å²) in [6.45, 7) is 3.48. The van der Waals surface area contributed by atoms with Gasteiger partial charge in [-0.25, -0.2) is 0 Å². The minimum Gasteiger partial charge on any atom is -0.358 e. The number of rotatable bonds is 3. The maximum Gasteiger partial charge on any atom is 0.233 e. The number of piperidine rings is 1. The minimum absolute atomic E-state index is 0.0933. The Bertz CT molecular complexity index is 498. The number of nitrogens with one attached hydrogen (secondary N) is 1. The first-order valence-corrected chi connectivity index (χ1v) is 8.13. The van der Waals surface area contributed by atoms with E-state index in [1.54, 1.807) is 7.05 Å². The smallest absolute Gasteiger partial charge is 0.233 e. The molecule has 0 saturated carbocycles. The summed E-state index contributed by atoms with van der Waals surface area (Å²) < 4.78 is 2.35. The Labute approximate surface area is 125 Å². The van der Waals surface area contributed by atoms with E-state index in [4.69, 9.17) is 0 Å². The summed E-state index contributed by atoms with van der Waals surface area (Å²) in [5.74, 6) is 2.82. The van der Waals surface area contributed by atoms with Crippen molar-refractivity contribution in [3.05, 3.63) is 11.6 Å². The number of aryl methyl sites for hydroxylation is 1. The number of hydrogen-bond acceptors (Lipinski definition) is 4. The van der Waals surface area contributed by atoms with Gasteiger partial charge in [-0.3, -0.25) is 9.69 Å². The molecular weight excluding hydrogens is 266 g/mol. The average Bonchev–Trinajstić information content (AvgIpc) is 2.76. The van der Waals surface area contributed by atoms with E-state index in [-0.39, 0.29) is 5.91 Å². The van der Waals surface area contributed by atoms with E-state index in [0.717, 1.165) is 50.5 Å². The maximum atomic E-state index is 11.6. The Morgan fingerprint density at radius 2 is 2.14 bits per heavy atom. The number of likely N-dealkylation sites (tertiary alicyclic amines) is 1. The summed E-state index contributed by atoms with van der Waals surface area (Å²) in [6, 6.07) is 0. The summed E-state index contributed by atoms with van der Waals surface area (Å²) in [5.41, 5.74) is 0. The number of nitrogens with zero attached hydrogens (tertiary/aromatic N) is 4. The predicted molar refractivity (Wildman–Crippen MR) is 80.1 cm³/mol. The maximum absolute atomic E-state index is 11.6. The molecule has 0 aliphatic carbocycles. The number of amides is 1. The van der Waals surface area contributed by atoms with E-state index < -0.39 is 0 Å². The van der Waals surface area contributed by atoms with Crippen LogP contribution < -0.4 is 5.32 Å². The van der Waals surface area contributed by atoms with Gasteiger partial charge in [0.05, 0.1) is 6.54 Å². The van der Waals surface area contributed by atoms with Gasteiger partial charge < -0.3 is 9.88 Å². The number of hydrogen-bond donors (Lipinski definition) is 1. The third-order valence-corrected chi connectivity index (χ3v) is 4.65. The standard InChI is InChI=1S/C15H25N5O/c1-16-14(21)11-19-8-5-6-12(10-19)15-18-17-13-7-3-2-4-9-20(13)15/h12H,2-11H2,1H3,(H,16,21)/t12-/m0/s1. The first-order valence-electron chi connectivity index (χ1n) is 8.13. The lowest BCUT2D eigenvalue weighted by molar-refractivity contribution is -0.122. The van der Waals surface area contributed by atoms with Crippen molar-refractivity contribution in [3.63, 3.8) is 0 Å². The van der Waals surface area contributed by atoms with Gasteiger partial charge in [0.25, 0.3) is 0 Å². The monoisotopic (exact) mass is 291 g/mol. The first kappa shape index (κ1) is 14.5. The van der Waals surface area contributed by atoms with Crippen molar-refractivity contribution in [2.75, 3.05) is 26.7 Å². The highest BCUT2D eigenvalue weighted by atomic mass is 16.1. The van der Waals surface area contributed by atoms with Crippen LogP contribution in [-0.4, -0.2) is 52.3 Å². The quantitative estimate of drug-likeness (QED) is 0.900. The van der Waals surface area contributed by atoms with Crippen LogP contribution in [0, 0.1) is 0 Å². The molecule has 6 nitrogen and oxygen atoms in total. The van der Waals surface area contributed by atoms with Crippen LogP contribution in [0.2, 0.25) is 0 Å². The Morgan fingerprint density at radius 3 is 3.00 bits per heavy atom. The Hall–Kier alpha value is -1.43. The molecule has 0 radical (unpaired) electrons. The van der Waals surface area contributed by atoms with Crippen LogP contribution in [0.1, 0.15) is 49.7 Å². The Morgan fingerprint density at radius 1 is 1.24 bits per heavy atom. The molecule has 1 N–H and O–H groups in total. The molecule has 1 saturated heterocycles. The third kappa shape index (κ3) is 3.26. The summed E-state index contributed by atoms with van der Waals surface area (Å²) in [4.78, 5) is 13.8. The lowest BCUT2D eigenvalue weighted by Gasteiger charge is -2.31. The summed E-state index contributed by atoms with van der Waals surface area (Å²) in [5, 5.41) is 11.6. The molecule has 21 heavy (non-hydrogen) atoms. The van der Waals surface area contributed by atoms with Gasteiger partial charge in [-0.1, -0.05) is 6.42 Å². The fourth-order valence-electron chi connectivity index (χ4n) is 3.50. The van der Waals surface area contributed by atoms with Gasteiger partial charge in [0.15, 0.2) is 0 Å². The Balaban J connectivity index is 1.71. The summed E-state index contributed by atoms with van der Waals surface area (Å²) in [7, 11) is 1.70. The molecule has 1 aromatic rings. The molecule has 6 heteroatoms. The van der Waals surface area contributed by atoms with E-state index in [0.29, 0.717) is 12.5 Å². The van der Waals surface area contributed by atoms with Crippen LogP contribution in [0.3, 0.4) is 0 Å². The largest absolute Gasteiger partial charge is 0.358 e. The van der Waals surface area contributed by atoms with E-state index in [1.165, 1.54) is 19.3 Å². The van der Waals surface area contributed by atoms with E-state index >= 15 is 0 Å². The van der Waals surface area contributed by atoms with Gasteiger partial charge in [-0.15, -0.1) is 10.2 Å². The van der Waals surface area contributed by atoms with Crippen LogP contribution in [0.15, 0.2) is 0 Å². The second-order valence-corrected chi connectivity index (χ2v) is 6.18. The van der Waals surface area contributed by atoms with Gasteiger partial charge in [0.2, 0.25) is 5.91 Å². The fourth-order valence-corrected chi connectivity index (χ4v) is 3.50. The molecule has 3 rings (SSSR count). The van der Waals surface area contributed by atoms with Crippen LogP contribution in [-0.2, 0) is 17.8 Å². The second kappa shape index (κ2) is 6.56. The Kier molecular flexibility index (Phi) is 4.53. The molecular formula is C15H25N5O. The molecule has 2 aliphatic heterocycles. The average molecular weight is 291 g/mol. The molecule has 3 heterocycles. The van der Waals surface area contributed by atoms with Crippen molar-refractivity contribution >= 4 is 5.91 Å². The van der Waals surface area contributed by atoms with Crippen LogP contribution in [0.25, 0.3) is 0 Å². The summed E-state index contributed by atoms with van der Waals surface area (Å²) >= 11 is 0. The van der Waals surface area contributed by atoms with Gasteiger partial charge in [-0.05, 0) is 32.2 Å². The molecule has 0 aromatic carbocycles. The number of carbonyl (C=O) groups excluding carboxylic acids is 1. The molecule has 0 bridgehead atoms. The third-order valence-electron chi connectivity index (χ3n) is 4.65. The zero-order valence-corrected chi connectivity index (χ0v) is 12.8. The van der Waals surface area contributed by atoms with Gasteiger partial charge >= 0.3 is 0 Å². The van der Waals surface area contributed by atoms with Crippen LogP contribution in [0.5, 0.6) is 0 Å². The number of carbonyl (C=O) groups is 1. The highest BCUT2D eigenvalue weighted by Gasteiger charge is 2.27. The summed E-state index contributed by atoms with van der Waals surface area (Å²) in [6.07, 6.45) is 7.09. The normalized spacial score (nSPS) is 23.4. The minimum atomic E-state index is 0.0933. The van der Waals surface area contributed by atoms with E-state index in [9.17, 15) is 4.79 Å². The van der Waals surface area contributed by atoms with Crippen molar-refractivity contribution < 1.29 is 4.79 Å². The SMILES string of the molecule is CNC(=O)CN1CCC[C@H](c2nnc3n2CCCCC3)C1. The predicted octanol–water partition coefficient (Wildman–Crippen LogP) is 0.930. The fraction of sp³-hybridized carbons (Fsp3) is 0.800. The highest BCUT2D eigenvalue weighted by Crippen LogP contribution is 2.27. The molecule has 116 valence electrons. The van der Waals surface area contributed by atoms with Gasteiger partial charge in [0.1, 0.15) is 11.6 Å². The molecule has 0 unspecified atom stereocenters. The lowest BCUT2D eigenvalue weighted by Crippen LogP contribution is -2.41. The second-order valence-electron chi connectivity index (χ2n) is 6.18. The van der Waals surface area contributed by atoms with Crippen molar-refractivity contribution in [2.24, 2.45) is 0 Å². The van der Waals surface area contributed by atoms with Gasteiger partial charge in [0, 0.05) is 32.5 Å². The van der Waals surface area contributed by atoms with Gasteiger partial charge in [-0.2, -0.15) is 0 Å². The zero-order chi connectivity index (χ0) is 14.7. The molecule has 2 aliphatic rings. The molecule has 0 spiro atoms. The van der Waals surface area contributed by atoms with Crippen LogP contribution >= 0.6 is 0 Å². The molecule has 1 fully saturated rings.